The number of anilines is 1. The van der Waals surface area contributed by atoms with Crippen LogP contribution in [0.1, 0.15) is 11.1 Å². The zero-order valence-corrected chi connectivity index (χ0v) is 14.1. The molecule has 0 spiro atoms. The molecule has 0 aliphatic rings. The molecule has 6 heteroatoms. The SMILES string of the molecule is N=C(N=NN)c1cccc(NCc2cccc(Oc3ccccc3)c2)c1. The van der Waals surface area contributed by atoms with E-state index in [9.17, 15) is 0 Å². The molecule has 0 unspecified atom stereocenters. The summed E-state index contributed by atoms with van der Waals surface area (Å²) in [5.74, 6) is 6.61. The van der Waals surface area contributed by atoms with Crippen LogP contribution in [-0.4, -0.2) is 5.84 Å². The van der Waals surface area contributed by atoms with Crippen LogP contribution < -0.4 is 15.9 Å². The van der Waals surface area contributed by atoms with E-state index in [0.29, 0.717) is 12.1 Å². The van der Waals surface area contributed by atoms with Gasteiger partial charge in [0.15, 0.2) is 5.84 Å². The highest BCUT2D eigenvalue weighted by atomic mass is 16.5. The van der Waals surface area contributed by atoms with Gasteiger partial charge < -0.3 is 15.9 Å². The zero-order valence-electron chi connectivity index (χ0n) is 14.1. The van der Waals surface area contributed by atoms with Gasteiger partial charge in [-0.25, -0.2) is 0 Å². The Labute approximate surface area is 151 Å². The maximum absolute atomic E-state index is 7.77. The van der Waals surface area contributed by atoms with Gasteiger partial charge in [0.2, 0.25) is 0 Å². The average Bonchev–Trinajstić information content (AvgIpc) is 2.68. The summed E-state index contributed by atoms with van der Waals surface area (Å²) in [7, 11) is 0. The van der Waals surface area contributed by atoms with E-state index in [1.54, 1.807) is 6.07 Å². The molecule has 6 nitrogen and oxygen atoms in total. The van der Waals surface area contributed by atoms with Gasteiger partial charge in [0.25, 0.3) is 0 Å². The smallest absolute Gasteiger partial charge is 0.176 e. The summed E-state index contributed by atoms with van der Waals surface area (Å²) in [4.78, 5) is 0. The predicted molar refractivity (Wildman–Crippen MR) is 103 cm³/mol. The lowest BCUT2D eigenvalue weighted by molar-refractivity contribution is 0.482. The van der Waals surface area contributed by atoms with Gasteiger partial charge in [0.05, 0.1) is 0 Å². The van der Waals surface area contributed by atoms with Gasteiger partial charge >= 0.3 is 0 Å². The van der Waals surface area contributed by atoms with E-state index in [1.807, 2.05) is 72.8 Å². The fourth-order valence-electron chi connectivity index (χ4n) is 2.44. The van der Waals surface area contributed by atoms with Crippen molar-refractivity contribution in [3.63, 3.8) is 0 Å². The molecule has 0 aliphatic carbocycles. The minimum Gasteiger partial charge on any atom is -0.457 e. The molecule has 0 bridgehead atoms. The lowest BCUT2D eigenvalue weighted by Gasteiger charge is -2.10. The lowest BCUT2D eigenvalue weighted by atomic mass is 10.1. The van der Waals surface area contributed by atoms with Gasteiger partial charge in [-0.3, -0.25) is 5.41 Å². The third-order valence-corrected chi connectivity index (χ3v) is 3.67. The van der Waals surface area contributed by atoms with Crippen LogP contribution in [0.4, 0.5) is 5.69 Å². The summed E-state index contributed by atoms with van der Waals surface area (Å²) in [6.07, 6.45) is 0. The van der Waals surface area contributed by atoms with Crippen LogP contribution in [0.2, 0.25) is 0 Å². The minimum atomic E-state index is 0.0226. The monoisotopic (exact) mass is 345 g/mol. The van der Waals surface area contributed by atoms with Crippen molar-refractivity contribution in [2.75, 3.05) is 5.32 Å². The van der Waals surface area contributed by atoms with E-state index in [0.717, 1.165) is 22.7 Å². The van der Waals surface area contributed by atoms with Crippen molar-refractivity contribution < 1.29 is 4.74 Å². The number of hydrogen-bond donors (Lipinski definition) is 3. The van der Waals surface area contributed by atoms with Crippen LogP contribution >= 0.6 is 0 Å². The van der Waals surface area contributed by atoms with Crippen LogP contribution in [0.3, 0.4) is 0 Å². The van der Waals surface area contributed by atoms with Crippen LogP contribution in [-0.2, 0) is 6.54 Å². The average molecular weight is 345 g/mol. The topological polar surface area (TPSA) is 95.9 Å². The number of amidine groups is 1. The van der Waals surface area contributed by atoms with E-state index in [-0.39, 0.29) is 5.84 Å². The first-order chi connectivity index (χ1) is 12.7. The van der Waals surface area contributed by atoms with Gasteiger partial charge in [0.1, 0.15) is 11.5 Å². The Morgan fingerprint density at radius 2 is 1.69 bits per heavy atom. The molecule has 3 aromatic carbocycles. The van der Waals surface area contributed by atoms with Gasteiger partial charge in [-0.15, -0.1) is 5.11 Å². The first kappa shape index (κ1) is 17.2. The van der Waals surface area contributed by atoms with Crippen molar-refractivity contribution in [3.8, 4) is 11.5 Å². The van der Waals surface area contributed by atoms with E-state index >= 15 is 0 Å². The number of para-hydroxylation sites is 1. The largest absolute Gasteiger partial charge is 0.457 e. The van der Waals surface area contributed by atoms with Crippen LogP contribution in [0.15, 0.2) is 89.2 Å². The molecule has 4 N–H and O–H groups in total. The van der Waals surface area contributed by atoms with Crippen molar-refractivity contribution in [1.29, 1.82) is 5.41 Å². The molecule has 0 aliphatic heterocycles. The normalized spacial score (nSPS) is 10.6. The second-order valence-corrected chi connectivity index (χ2v) is 5.56. The van der Waals surface area contributed by atoms with Crippen LogP contribution in [0.5, 0.6) is 11.5 Å². The summed E-state index contributed by atoms with van der Waals surface area (Å²) in [6.45, 7) is 0.626. The Kier molecular flexibility index (Phi) is 5.57. The number of nitrogens with two attached hydrogens (primary N) is 1. The molecule has 3 aromatic rings. The molecule has 0 heterocycles. The van der Waals surface area contributed by atoms with Crippen molar-refractivity contribution in [2.24, 2.45) is 16.2 Å². The summed E-state index contributed by atoms with van der Waals surface area (Å²) in [5.41, 5.74) is 2.61. The maximum atomic E-state index is 7.77. The standard InChI is InChI=1S/C20H19N5O/c21-20(24-25-22)16-7-5-8-17(13-16)23-14-15-6-4-11-19(12-15)26-18-9-2-1-3-10-18/h1-13,23H,14H2,(H3,21,22,24). The first-order valence-electron chi connectivity index (χ1n) is 8.10. The molecular weight excluding hydrogens is 326 g/mol. The second-order valence-electron chi connectivity index (χ2n) is 5.56. The van der Waals surface area contributed by atoms with Crippen LogP contribution in [0, 0.1) is 5.41 Å². The molecule has 130 valence electrons. The highest BCUT2D eigenvalue weighted by Crippen LogP contribution is 2.22. The highest BCUT2D eigenvalue weighted by Gasteiger charge is 2.03. The lowest BCUT2D eigenvalue weighted by Crippen LogP contribution is -2.02. The van der Waals surface area contributed by atoms with Crippen molar-refractivity contribution in [3.05, 3.63) is 90.0 Å². The van der Waals surface area contributed by atoms with Crippen molar-refractivity contribution in [2.45, 2.75) is 6.54 Å². The van der Waals surface area contributed by atoms with E-state index < -0.39 is 0 Å². The molecule has 0 fully saturated rings. The molecule has 0 aromatic heterocycles. The molecule has 0 saturated carbocycles. The van der Waals surface area contributed by atoms with Crippen LogP contribution in [0.25, 0.3) is 0 Å². The quantitative estimate of drug-likeness (QED) is 0.198. The fourth-order valence-corrected chi connectivity index (χ4v) is 2.44. The van der Waals surface area contributed by atoms with Crippen molar-refractivity contribution in [1.82, 2.24) is 0 Å². The van der Waals surface area contributed by atoms with Crippen molar-refractivity contribution >= 4 is 11.5 Å². The van der Waals surface area contributed by atoms with Gasteiger partial charge in [-0.2, -0.15) is 0 Å². The molecule has 0 amide bonds. The zero-order chi connectivity index (χ0) is 18.2. The summed E-state index contributed by atoms with van der Waals surface area (Å²) < 4.78 is 5.86. The number of nitrogens with zero attached hydrogens (tertiary/aromatic N) is 2. The van der Waals surface area contributed by atoms with Gasteiger partial charge in [0, 0.05) is 17.8 Å². The number of rotatable bonds is 6. The number of hydrogen-bond acceptors (Lipinski definition) is 4. The fraction of sp³-hybridized carbons (Fsp3) is 0.0500. The third-order valence-electron chi connectivity index (χ3n) is 3.67. The number of nitrogens with one attached hydrogen (secondary N) is 2. The molecular formula is C20H19N5O. The summed E-state index contributed by atoms with van der Waals surface area (Å²) in [5, 5.41) is 17.8. The maximum Gasteiger partial charge on any atom is 0.176 e. The molecule has 0 saturated heterocycles. The second kappa shape index (κ2) is 8.43. The molecule has 26 heavy (non-hydrogen) atoms. The summed E-state index contributed by atoms with van der Waals surface area (Å²) >= 11 is 0. The third kappa shape index (κ3) is 4.67. The highest BCUT2D eigenvalue weighted by molar-refractivity contribution is 5.97. The predicted octanol–water partition coefficient (Wildman–Crippen LogP) is 4.74. The minimum absolute atomic E-state index is 0.0226. The first-order valence-corrected chi connectivity index (χ1v) is 8.10. The van der Waals surface area contributed by atoms with Gasteiger partial charge in [-0.05, 0) is 42.0 Å². The number of benzene rings is 3. The van der Waals surface area contributed by atoms with Gasteiger partial charge in [-0.1, -0.05) is 47.7 Å². The van der Waals surface area contributed by atoms with E-state index in [1.165, 1.54) is 0 Å². The molecule has 3 rings (SSSR count). The molecule has 0 atom stereocenters. The van der Waals surface area contributed by atoms with E-state index in [4.69, 9.17) is 16.0 Å². The summed E-state index contributed by atoms with van der Waals surface area (Å²) in [6, 6.07) is 25.0. The molecule has 0 radical (unpaired) electrons. The Morgan fingerprint density at radius 1 is 0.923 bits per heavy atom. The Balaban J connectivity index is 1.66. The Hall–Kier alpha value is -3.67. The van der Waals surface area contributed by atoms with E-state index in [2.05, 4.69) is 15.7 Å². The Morgan fingerprint density at radius 3 is 2.50 bits per heavy atom. The Bertz CT molecular complexity index is 909. The number of ether oxygens (including phenoxy) is 1.